The molecule has 1 N–H and O–H groups in total. The molecule has 1 aliphatic rings. The second-order valence-electron chi connectivity index (χ2n) is 6.28. The molecule has 0 fully saturated rings. The van der Waals surface area contributed by atoms with Gasteiger partial charge in [0.05, 0.1) is 16.3 Å². The van der Waals surface area contributed by atoms with Crippen molar-refractivity contribution >= 4 is 29.1 Å². The van der Waals surface area contributed by atoms with Crippen LogP contribution in [0.1, 0.15) is 56.3 Å². The van der Waals surface area contributed by atoms with Crippen LogP contribution in [0.5, 0.6) is 11.5 Å². The molecule has 3 rings (SSSR count). The van der Waals surface area contributed by atoms with E-state index in [-0.39, 0.29) is 28.9 Å². The number of ether oxygens (including phenoxy) is 3. The molecule has 1 aromatic carbocycles. The molecule has 1 aromatic heterocycles. The van der Waals surface area contributed by atoms with E-state index in [0.29, 0.717) is 28.3 Å². The van der Waals surface area contributed by atoms with Gasteiger partial charge in [-0.2, -0.15) is 0 Å². The van der Waals surface area contributed by atoms with Gasteiger partial charge in [-0.3, -0.25) is 9.59 Å². The summed E-state index contributed by atoms with van der Waals surface area (Å²) < 4.78 is 15.7. The van der Waals surface area contributed by atoms with Crippen LogP contribution >= 0.6 is 11.6 Å². The van der Waals surface area contributed by atoms with Crippen LogP contribution in [0.3, 0.4) is 0 Å². The number of Topliss-reactive ketones (excluding diaryl/α,β-unsaturated/α-hetero) is 2. The number of carbonyl (C=O) groups is 3. The summed E-state index contributed by atoms with van der Waals surface area (Å²) in [5, 5.41) is 0.220. The number of hydrogen-bond donors (Lipinski definition) is 1. The van der Waals surface area contributed by atoms with Crippen LogP contribution in [0.2, 0.25) is 5.02 Å². The van der Waals surface area contributed by atoms with Gasteiger partial charge in [0.2, 0.25) is 12.6 Å². The highest BCUT2D eigenvalue weighted by Crippen LogP contribution is 2.40. The van der Waals surface area contributed by atoms with E-state index in [9.17, 15) is 14.4 Å². The van der Waals surface area contributed by atoms with Gasteiger partial charge in [0.1, 0.15) is 0 Å². The maximum Gasteiger partial charge on any atom is 0.339 e. The fraction of sp³-hybridized carbons (Fsp3) is 0.316. The van der Waals surface area contributed by atoms with Crippen molar-refractivity contribution in [3.8, 4) is 11.5 Å². The standard InChI is InChI=1S/C19H18ClNO6/c1-8-15(10(3)22)9(2)21-16(8)17(23)11(4)27-19(24)12-5-13(20)18-14(6-12)25-7-26-18/h5-6,11,21H,7H2,1-4H3. The molecule has 0 amide bonds. The Morgan fingerprint density at radius 2 is 1.93 bits per heavy atom. The number of halogens is 1. The zero-order valence-corrected chi connectivity index (χ0v) is 16.0. The van der Waals surface area contributed by atoms with Crippen molar-refractivity contribution in [2.24, 2.45) is 0 Å². The molecule has 8 heteroatoms. The Morgan fingerprint density at radius 3 is 2.56 bits per heavy atom. The molecule has 0 radical (unpaired) electrons. The number of carbonyl (C=O) groups excluding carboxylic acids is 3. The van der Waals surface area contributed by atoms with Gasteiger partial charge in [-0.15, -0.1) is 0 Å². The maximum absolute atomic E-state index is 12.7. The van der Waals surface area contributed by atoms with E-state index in [1.165, 1.54) is 26.0 Å². The fourth-order valence-electron chi connectivity index (χ4n) is 3.10. The second-order valence-corrected chi connectivity index (χ2v) is 6.69. The third-order valence-corrected chi connectivity index (χ3v) is 4.63. The lowest BCUT2D eigenvalue weighted by atomic mass is 10.0. The van der Waals surface area contributed by atoms with Crippen molar-refractivity contribution in [1.29, 1.82) is 0 Å². The average Bonchev–Trinajstić information content (AvgIpc) is 3.18. The first-order valence-corrected chi connectivity index (χ1v) is 8.63. The van der Waals surface area contributed by atoms with Crippen LogP contribution in [0.4, 0.5) is 0 Å². The summed E-state index contributed by atoms with van der Waals surface area (Å²) in [5.41, 5.74) is 2.01. The number of aromatic nitrogens is 1. The third-order valence-electron chi connectivity index (χ3n) is 4.35. The molecule has 0 saturated heterocycles. The van der Waals surface area contributed by atoms with E-state index >= 15 is 0 Å². The molecule has 27 heavy (non-hydrogen) atoms. The van der Waals surface area contributed by atoms with Gasteiger partial charge in [0, 0.05) is 11.3 Å². The second kappa shape index (κ2) is 7.08. The Labute approximate surface area is 160 Å². The van der Waals surface area contributed by atoms with E-state index < -0.39 is 17.9 Å². The molecular formula is C19H18ClNO6. The molecule has 0 aliphatic carbocycles. The summed E-state index contributed by atoms with van der Waals surface area (Å²) in [6.45, 7) is 6.32. The minimum absolute atomic E-state index is 0.0202. The minimum atomic E-state index is -1.06. The Kier molecular flexibility index (Phi) is 4.97. The largest absolute Gasteiger partial charge is 0.454 e. The summed E-state index contributed by atoms with van der Waals surface area (Å²) in [4.78, 5) is 39.7. The highest BCUT2D eigenvalue weighted by Gasteiger charge is 2.27. The molecule has 2 aromatic rings. The number of benzene rings is 1. The number of aromatic amines is 1. The molecule has 142 valence electrons. The quantitative estimate of drug-likeness (QED) is 0.617. The zero-order chi connectivity index (χ0) is 19.9. The lowest BCUT2D eigenvalue weighted by molar-refractivity contribution is 0.0316. The third kappa shape index (κ3) is 3.42. The summed E-state index contributed by atoms with van der Waals surface area (Å²) in [7, 11) is 0. The van der Waals surface area contributed by atoms with Gasteiger partial charge >= 0.3 is 5.97 Å². The number of esters is 1. The monoisotopic (exact) mass is 391 g/mol. The van der Waals surface area contributed by atoms with E-state index in [2.05, 4.69) is 4.98 Å². The Morgan fingerprint density at radius 1 is 1.22 bits per heavy atom. The number of ketones is 2. The van der Waals surface area contributed by atoms with E-state index in [1.807, 2.05) is 0 Å². The van der Waals surface area contributed by atoms with Gasteiger partial charge < -0.3 is 19.2 Å². The van der Waals surface area contributed by atoms with Gasteiger partial charge in [0.25, 0.3) is 0 Å². The molecule has 0 spiro atoms. The Bertz CT molecular complexity index is 962. The molecule has 1 unspecified atom stereocenters. The van der Waals surface area contributed by atoms with Crippen molar-refractivity contribution in [2.45, 2.75) is 33.8 Å². The van der Waals surface area contributed by atoms with E-state index in [1.54, 1.807) is 13.8 Å². The zero-order valence-electron chi connectivity index (χ0n) is 15.3. The number of nitrogens with one attached hydrogen (secondary N) is 1. The van der Waals surface area contributed by atoms with Gasteiger partial charge in [-0.1, -0.05) is 11.6 Å². The van der Waals surface area contributed by atoms with Crippen molar-refractivity contribution in [2.75, 3.05) is 6.79 Å². The van der Waals surface area contributed by atoms with Crippen LogP contribution in [-0.2, 0) is 4.74 Å². The highest BCUT2D eigenvalue weighted by molar-refractivity contribution is 6.32. The first kappa shape index (κ1) is 19.0. The van der Waals surface area contributed by atoms with Crippen LogP contribution in [0, 0.1) is 13.8 Å². The smallest absolute Gasteiger partial charge is 0.339 e. The van der Waals surface area contributed by atoms with Gasteiger partial charge in [-0.25, -0.2) is 4.79 Å². The number of aryl methyl sites for hydroxylation is 1. The fourth-order valence-corrected chi connectivity index (χ4v) is 3.36. The summed E-state index contributed by atoms with van der Waals surface area (Å²) in [5.74, 6) is -0.575. The van der Waals surface area contributed by atoms with Crippen molar-refractivity contribution in [1.82, 2.24) is 4.98 Å². The maximum atomic E-state index is 12.7. The van der Waals surface area contributed by atoms with Crippen LogP contribution in [0.15, 0.2) is 12.1 Å². The summed E-state index contributed by atoms with van der Waals surface area (Å²) >= 11 is 6.07. The molecule has 1 atom stereocenters. The van der Waals surface area contributed by atoms with E-state index in [4.69, 9.17) is 25.8 Å². The van der Waals surface area contributed by atoms with E-state index in [0.717, 1.165) is 0 Å². The van der Waals surface area contributed by atoms with Crippen molar-refractivity contribution in [3.05, 3.63) is 45.2 Å². The number of rotatable bonds is 5. The topological polar surface area (TPSA) is 94.7 Å². The Balaban J connectivity index is 1.79. The minimum Gasteiger partial charge on any atom is -0.454 e. The predicted octanol–water partition coefficient (Wildman–Crippen LogP) is 3.64. The molecule has 7 nitrogen and oxygen atoms in total. The van der Waals surface area contributed by atoms with Crippen molar-refractivity contribution in [3.63, 3.8) is 0 Å². The highest BCUT2D eigenvalue weighted by atomic mass is 35.5. The first-order chi connectivity index (χ1) is 12.7. The normalized spacial score (nSPS) is 13.4. The lowest BCUT2D eigenvalue weighted by Crippen LogP contribution is -2.25. The first-order valence-electron chi connectivity index (χ1n) is 8.25. The van der Waals surface area contributed by atoms with Gasteiger partial charge in [0.15, 0.2) is 23.4 Å². The molecule has 1 aliphatic heterocycles. The number of hydrogen-bond acceptors (Lipinski definition) is 6. The SMILES string of the molecule is CC(=O)c1c(C)[nH]c(C(=O)C(C)OC(=O)c2cc(Cl)c3c(c2)OCO3)c1C. The molecular weight excluding hydrogens is 374 g/mol. The van der Waals surface area contributed by atoms with Crippen LogP contribution in [-0.4, -0.2) is 35.4 Å². The number of fused-ring (bicyclic) bond motifs is 1. The predicted molar refractivity (Wildman–Crippen MR) is 97.1 cm³/mol. The summed E-state index contributed by atoms with van der Waals surface area (Å²) in [6.07, 6.45) is -1.06. The Hall–Kier alpha value is -2.80. The summed E-state index contributed by atoms with van der Waals surface area (Å²) in [6, 6.07) is 2.85. The van der Waals surface area contributed by atoms with Crippen molar-refractivity contribution < 1.29 is 28.6 Å². The van der Waals surface area contributed by atoms with Gasteiger partial charge in [-0.05, 0) is 45.4 Å². The van der Waals surface area contributed by atoms with Crippen LogP contribution in [0.25, 0.3) is 0 Å². The molecule has 2 heterocycles. The lowest BCUT2D eigenvalue weighted by Gasteiger charge is -2.13. The average molecular weight is 392 g/mol. The molecule has 0 saturated carbocycles. The van der Waals surface area contributed by atoms with Crippen LogP contribution < -0.4 is 9.47 Å². The number of H-pyrrole nitrogens is 1. The molecule has 0 bridgehead atoms.